The number of amides is 2. The molecule has 0 saturated carbocycles. The quantitative estimate of drug-likeness (QED) is 0.426. The molecule has 0 atom stereocenters. The van der Waals surface area contributed by atoms with Gasteiger partial charge in [0.15, 0.2) is 0 Å². The minimum Gasteiger partial charge on any atom is -0.320 e. The van der Waals surface area contributed by atoms with Crippen molar-refractivity contribution in [2.75, 3.05) is 5.32 Å². The summed E-state index contributed by atoms with van der Waals surface area (Å²) in [5.41, 5.74) is 3.09. The molecule has 2 aromatic carbocycles. The molecule has 28 heavy (non-hydrogen) atoms. The van der Waals surface area contributed by atoms with Gasteiger partial charge in [0.2, 0.25) is 0 Å². The molecule has 142 valence electrons. The van der Waals surface area contributed by atoms with E-state index in [9.17, 15) is 14.0 Å². The van der Waals surface area contributed by atoms with Crippen LogP contribution in [0.15, 0.2) is 59.0 Å². The number of halogens is 3. The Morgan fingerprint density at radius 3 is 2.50 bits per heavy atom. The van der Waals surface area contributed by atoms with Crippen LogP contribution < -0.4 is 10.7 Å². The van der Waals surface area contributed by atoms with E-state index in [2.05, 4.69) is 15.8 Å². The van der Waals surface area contributed by atoms with E-state index in [0.717, 1.165) is 17.6 Å². The lowest BCUT2D eigenvalue weighted by atomic mass is 10.2. The molecular weight excluding hydrogens is 424 g/mol. The Bertz CT molecular complexity index is 1030. The van der Waals surface area contributed by atoms with Gasteiger partial charge in [0.25, 0.3) is 11.8 Å². The highest BCUT2D eigenvalue weighted by atomic mass is 35.5. The second kappa shape index (κ2) is 8.97. The van der Waals surface area contributed by atoms with E-state index < -0.39 is 11.7 Å². The SMILES string of the molecule is O=C(Nc1ccsc1C(=O)NN=Cc1c(F)cccc1Cl)c1ccc(Cl)cc1. The van der Waals surface area contributed by atoms with Crippen LogP contribution in [0.4, 0.5) is 10.1 Å². The van der Waals surface area contributed by atoms with E-state index in [-0.39, 0.29) is 21.4 Å². The van der Waals surface area contributed by atoms with Crippen molar-refractivity contribution in [3.8, 4) is 0 Å². The zero-order chi connectivity index (χ0) is 20.1. The van der Waals surface area contributed by atoms with Gasteiger partial charge in [0.05, 0.1) is 16.9 Å². The number of benzene rings is 2. The summed E-state index contributed by atoms with van der Waals surface area (Å²) >= 11 is 12.8. The third kappa shape index (κ3) is 4.75. The standard InChI is InChI=1S/C19H12Cl2FN3O2S/c20-12-6-4-11(5-7-12)18(26)24-16-8-9-28-17(16)19(27)25-23-10-13-14(21)2-1-3-15(13)22/h1-10H,(H,24,26)(H,25,27). The van der Waals surface area contributed by atoms with Crippen molar-refractivity contribution in [1.29, 1.82) is 0 Å². The molecule has 1 aromatic heterocycles. The summed E-state index contributed by atoms with van der Waals surface area (Å²) in [6, 6.07) is 12.2. The third-order valence-corrected chi connectivity index (χ3v) is 5.08. The van der Waals surface area contributed by atoms with E-state index in [1.165, 1.54) is 18.2 Å². The number of anilines is 1. The van der Waals surface area contributed by atoms with Gasteiger partial charge in [0.1, 0.15) is 10.7 Å². The first-order valence-corrected chi connectivity index (χ1v) is 9.51. The highest BCUT2D eigenvalue weighted by Crippen LogP contribution is 2.23. The molecule has 0 spiro atoms. The van der Waals surface area contributed by atoms with Gasteiger partial charge in [-0.15, -0.1) is 11.3 Å². The molecule has 0 saturated heterocycles. The van der Waals surface area contributed by atoms with Gasteiger partial charge in [-0.3, -0.25) is 9.59 Å². The molecule has 2 N–H and O–H groups in total. The van der Waals surface area contributed by atoms with Crippen LogP contribution in [-0.2, 0) is 0 Å². The number of nitrogens with one attached hydrogen (secondary N) is 2. The minimum absolute atomic E-state index is 0.0620. The normalized spacial score (nSPS) is 10.8. The van der Waals surface area contributed by atoms with Crippen molar-refractivity contribution in [3.63, 3.8) is 0 Å². The molecule has 0 bridgehead atoms. The van der Waals surface area contributed by atoms with Crippen LogP contribution in [-0.4, -0.2) is 18.0 Å². The zero-order valence-corrected chi connectivity index (χ0v) is 16.4. The van der Waals surface area contributed by atoms with E-state index in [1.807, 2.05) is 0 Å². The summed E-state index contributed by atoms with van der Waals surface area (Å²) in [5.74, 6) is -1.49. The minimum atomic E-state index is -0.558. The molecule has 0 aliphatic rings. The molecule has 0 radical (unpaired) electrons. The maximum absolute atomic E-state index is 13.7. The maximum Gasteiger partial charge on any atom is 0.283 e. The first-order chi connectivity index (χ1) is 13.5. The predicted molar refractivity (Wildman–Crippen MR) is 110 cm³/mol. The number of hydrogen-bond acceptors (Lipinski definition) is 4. The molecule has 1 heterocycles. The second-order valence-electron chi connectivity index (χ2n) is 5.46. The lowest BCUT2D eigenvalue weighted by Gasteiger charge is -2.06. The summed E-state index contributed by atoms with van der Waals surface area (Å²) in [6.07, 6.45) is 1.12. The molecule has 3 rings (SSSR count). The Balaban J connectivity index is 1.69. The van der Waals surface area contributed by atoms with Crippen LogP contribution in [0.1, 0.15) is 25.6 Å². The fourth-order valence-electron chi connectivity index (χ4n) is 2.22. The van der Waals surface area contributed by atoms with Gasteiger partial charge in [0, 0.05) is 16.1 Å². The van der Waals surface area contributed by atoms with Crippen molar-refractivity contribution >= 4 is 58.3 Å². The average molecular weight is 436 g/mol. The molecule has 9 heteroatoms. The fourth-order valence-corrected chi connectivity index (χ4v) is 3.30. The number of carbonyl (C=O) groups is 2. The van der Waals surface area contributed by atoms with E-state index >= 15 is 0 Å². The monoisotopic (exact) mass is 435 g/mol. The first-order valence-electron chi connectivity index (χ1n) is 7.87. The lowest BCUT2D eigenvalue weighted by molar-refractivity contribution is 0.0960. The smallest absolute Gasteiger partial charge is 0.283 e. The maximum atomic E-state index is 13.7. The van der Waals surface area contributed by atoms with E-state index in [0.29, 0.717) is 16.3 Å². The Morgan fingerprint density at radius 2 is 1.79 bits per heavy atom. The predicted octanol–water partition coefficient (Wildman–Crippen LogP) is 5.21. The number of rotatable bonds is 5. The summed E-state index contributed by atoms with van der Waals surface area (Å²) in [6.45, 7) is 0. The lowest BCUT2D eigenvalue weighted by Crippen LogP contribution is -2.19. The molecular formula is C19H12Cl2FN3O2S. The largest absolute Gasteiger partial charge is 0.320 e. The van der Waals surface area contributed by atoms with Gasteiger partial charge in [-0.05, 0) is 47.8 Å². The molecule has 5 nitrogen and oxygen atoms in total. The van der Waals surface area contributed by atoms with E-state index in [4.69, 9.17) is 23.2 Å². The van der Waals surface area contributed by atoms with Crippen molar-refractivity contribution < 1.29 is 14.0 Å². The summed E-state index contributed by atoms with van der Waals surface area (Å²) < 4.78 is 13.7. The number of hydrogen-bond donors (Lipinski definition) is 2. The van der Waals surface area contributed by atoms with Crippen molar-refractivity contribution in [3.05, 3.63) is 85.8 Å². The number of hydrazone groups is 1. The van der Waals surface area contributed by atoms with E-state index in [1.54, 1.807) is 35.7 Å². The molecule has 0 fully saturated rings. The Morgan fingerprint density at radius 1 is 1.04 bits per heavy atom. The van der Waals surface area contributed by atoms with Crippen molar-refractivity contribution in [1.82, 2.24) is 5.43 Å². The zero-order valence-electron chi connectivity index (χ0n) is 14.1. The first kappa shape index (κ1) is 20.0. The highest BCUT2D eigenvalue weighted by Gasteiger charge is 2.16. The molecule has 2 amide bonds. The number of nitrogens with zero attached hydrogens (tertiary/aromatic N) is 1. The Kier molecular flexibility index (Phi) is 6.41. The van der Waals surface area contributed by atoms with Crippen LogP contribution in [0.2, 0.25) is 10.0 Å². The molecule has 0 aliphatic carbocycles. The molecule has 0 unspecified atom stereocenters. The van der Waals surface area contributed by atoms with Gasteiger partial charge in [-0.1, -0.05) is 29.3 Å². The van der Waals surface area contributed by atoms with Gasteiger partial charge in [-0.2, -0.15) is 5.10 Å². The second-order valence-corrected chi connectivity index (χ2v) is 7.22. The topological polar surface area (TPSA) is 70.6 Å². The van der Waals surface area contributed by atoms with Crippen LogP contribution in [0.25, 0.3) is 0 Å². The van der Waals surface area contributed by atoms with Crippen LogP contribution in [0, 0.1) is 5.82 Å². The highest BCUT2D eigenvalue weighted by molar-refractivity contribution is 7.12. The van der Waals surface area contributed by atoms with Gasteiger partial charge < -0.3 is 5.32 Å². The van der Waals surface area contributed by atoms with Crippen molar-refractivity contribution in [2.24, 2.45) is 5.10 Å². The van der Waals surface area contributed by atoms with Crippen LogP contribution >= 0.6 is 34.5 Å². The fraction of sp³-hybridized carbons (Fsp3) is 0. The molecule has 0 aliphatic heterocycles. The Hall–Kier alpha value is -2.74. The van der Waals surface area contributed by atoms with Gasteiger partial charge in [-0.25, -0.2) is 9.82 Å². The summed E-state index contributed by atoms with van der Waals surface area (Å²) in [5, 5.41) is 8.75. The third-order valence-electron chi connectivity index (χ3n) is 3.59. The number of carbonyl (C=O) groups excluding carboxylic acids is 2. The van der Waals surface area contributed by atoms with Crippen molar-refractivity contribution in [2.45, 2.75) is 0 Å². The Labute approximate surface area is 173 Å². The molecule has 3 aromatic rings. The summed E-state index contributed by atoms with van der Waals surface area (Å²) in [4.78, 5) is 24.9. The average Bonchev–Trinajstić information content (AvgIpc) is 3.12. The van der Waals surface area contributed by atoms with Crippen LogP contribution in [0.5, 0.6) is 0 Å². The van der Waals surface area contributed by atoms with Crippen LogP contribution in [0.3, 0.4) is 0 Å². The number of thiophene rings is 1. The van der Waals surface area contributed by atoms with Gasteiger partial charge >= 0.3 is 0 Å². The summed E-state index contributed by atoms with van der Waals surface area (Å²) in [7, 11) is 0.